The van der Waals surface area contributed by atoms with E-state index in [-0.39, 0.29) is 50.3 Å². The molecule has 0 radical (unpaired) electrons. The number of carboxylic acid groups (broad SMARTS) is 2. The molecule has 0 spiro atoms. The van der Waals surface area contributed by atoms with Gasteiger partial charge in [-0.3, -0.25) is 34.2 Å². The number of H-pyrrole nitrogens is 1. The summed E-state index contributed by atoms with van der Waals surface area (Å²) in [7, 11) is 34.6. The summed E-state index contributed by atoms with van der Waals surface area (Å²) in [6, 6.07) is -0.149. The summed E-state index contributed by atoms with van der Waals surface area (Å²) in [6.07, 6.45) is 16.2. The topological polar surface area (TPSA) is 400 Å². The fraction of sp³-hybridized carbons (Fsp3) is 0.915. The number of nitrogens with zero attached hydrogens (tertiary/aromatic N) is 11. The lowest BCUT2D eigenvalue weighted by atomic mass is 10.1. The van der Waals surface area contributed by atoms with Gasteiger partial charge in [0.1, 0.15) is 24.1 Å². The van der Waals surface area contributed by atoms with Crippen molar-refractivity contribution >= 4 is 23.4 Å². The molecule has 11 rings (SSSR count). The Morgan fingerprint density at radius 2 is 1.11 bits per heavy atom. The highest BCUT2D eigenvalue weighted by Gasteiger charge is 2.33. The lowest BCUT2D eigenvalue weighted by Crippen LogP contribution is -2.48. The van der Waals surface area contributed by atoms with Crippen LogP contribution in [0.2, 0.25) is 0 Å². The molecule has 33 heteroatoms. The average molecular weight is 1500 g/mol. The molecule has 10 aliphatic rings. The van der Waals surface area contributed by atoms with Crippen molar-refractivity contribution in [3.8, 4) is 0 Å². The number of aliphatic hydroxyl groups excluding tert-OH is 8. The minimum Gasteiger partial charge on any atom is -0.480 e. The van der Waals surface area contributed by atoms with E-state index in [4.69, 9.17) is 70.0 Å². The first-order valence-corrected chi connectivity index (χ1v) is 37.2. The summed E-state index contributed by atoms with van der Waals surface area (Å²) < 4.78 is 20.2. The average Bonchev–Trinajstić information content (AvgIpc) is 1.69. The molecule has 0 aromatic carbocycles. The molecule has 0 bridgehead atoms. The Bertz CT molecular complexity index is 2020. The number of likely N-dealkylation sites (N-methyl/N-ethyl adjacent to an activating group) is 8. The lowest BCUT2D eigenvalue weighted by molar-refractivity contribution is -0.142. The molecule has 104 heavy (non-hydrogen) atoms. The summed E-state index contributed by atoms with van der Waals surface area (Å²) in [5, 5.41) is 104. The molecule has 11 heterocycles. The van der Waals surface area contributed by atoms with Gasteiger partial charge in [-0.25, -0.2) is 0 Å². The van der Waals surface area contributed by atoms with Crippen LogP contribution in [0.1, 0.15) is 83.5 Å². The molecular weight excluding hydrogens is 1350 g/mol. The van der Waals surface area contributed by atoms with Crippen LogP contribution in [-0.4, -0.2) is 473 Å². The first-order chi connectivity index (χ1) is 49.3. The molecule has 0 amide bonds. The third kappa shape index (κ3) is 59.6. The number of ether oxygens (including phenoxy) is 4. The van der Waals surface area contributed by atoms with E-state index in [2.05, 4.69) is 86.9 Å². The summed E-state index contributed by atoms with van der Waals surface area (Å²) >= 11 is 0. The van der Waals surface area contributed by atoms with Crippen LogP contribution in [0.3, 0.4) is 0 Å². The number of methoxy groups -OCH3 is 3. The third-order valence-corrected chi connectivity index (χ3v) is 18.2. The Morgan fingerprint density at radius 1 is 0.596 bits per heavy atom. The molecule has 1 aromatic heterocycles. The van der Waals surface area contributed by atoms with E-state index < -0.39 is 30.2 Å². The first kappa shape index (κ1) is 105. The minimum atomic E-state index is -0.848. The molecule has 10 aliphatic heterocycles. The second-order valence-electron chi connectivity index (χ2n) is 28.1. The highest BCUT2D eigenvalue weighted by molar-refractivity contribution is 5.79. The van der Waals surface area contributed by atoms with Gasteiger partial charge in [0.25, 0.3) is 0 Å². The van der Waals surface area contributed by atoms with Crippen LogP contribution in [0.5, 0.6) is 0 Å². The van der Waals surface area contributed by atoms with Gasteiger partial charge >= 0.3 is 11.9 Å². The van der Waals surface area contributed by atoms with Gasteiger partial charge in [-0.15, -0.1) is 0 Å². The van der Waals surface area contributed by atoms with Crippen LogP contribution in [0.4, 0.5) is 5.69 Å². The SMILES string of the molecule is CN1CC(O)C1.CN1CC(O)CC1C(=O)O.CN1CCC(=O)CC1.CN1CCC(O)C1.CN1CCC1.CN1CCCC1C(=O)O.CN1CCCC1O.CNC(CO)CO.CNC1CCOCC1.CNCC(O)CO.CNc1cn[nH]c1.COC1CCN(C)CC1.COC1CN(C)C1.COCCN(C)C. The van der Waals surface area contributed by atoms with Crippen molar-refractivity contribution in [2.24, 2.45) is 0 Å². The van der Waals surface area contributed by atoms with E-state index >= 15 is 0 Å². The van der Waals surface area contributed by atoms with Gasteiger partial charge in [-0.2, -0.15) is 5.10 Å². The maximum Gasteiger partial charge on any atom is 0.321 e. The number of likely N-dealkylation sites (tertiary alicyclic amines) is 9. The highest BCUT2D eigenvalue weighted by atomic mass is 16.5. The van der Waals surface area contributed by atoms with Gasteiger partial charge in [-0.05, 0) is 183 Å². The number of hydrogen-bond acceptors (Lipinski definition) is 30. The molecule has 15 N–H and O–H groups in total. The smallest absolute Gasteiger partial charge is 0.321 e. The van der Waals surface area contributed by atoms with Crippen LogP contribution in [0.15, 0.2) is 12.4 Å². The summed E-state index contributed by atoms with van der Waals surface area (Å²) in [4.78, 5) is 52.2. The van der Waals surface area contributed by atoms with Gasteiger partial charge in [-0.1, -0.05) is 0 Å². The number of β-amino-alcohol motifs (C(OH)–C–C–N with tert-alkyl or cyclic N) is 3. The molecule has 6 atom stereocenters. The van der Waals surface area contributed by atoms with Crippen LogP contribution in [0.25, 0.3) is 0 Å². The summed E-state index contributed by atoms with van der Waals surface area (Å²) in [5.41, 5.74) is 1.01. The van der Waals surface area contributed by atoms with Crippen LogP contribution < -0.4 is 21.3 Å². The number of carbonyl (C=O) groups excluding carboxylic acids is 1. The van der Waals surface area contributed by atoms with Gasteiger partial charge in [0.05, 0.1) is 81.0 Å². The predicted octanol–water partition coefficient (Wildman–Crippen LogP) is -2.27. The minimum absolute atomic E-state index is 0.00694. The number of piperidine rings is 2. The number of ketones is 1. The van der Waals surface area contributed by atoms with Crippen molar-refractivity contribution in [2.45, 2.75) is 150 Å². The predicted molar refractivity (Wildman–Crippen MR) is 413 cm³/mol. The van der Waals surface area contributed by atoms with Gasteiger partial charge in [0.15, 0.2) is 0 Å². The molecule has 1 aromatic rings. The number of aliphatic hydroxyl groups is 8. The Kier molecular flexibility index (Phi) is 68.2. The fourth-order valence-corrected chi connectivity index (χ4v) is 10.5. The number of carboxylic acids is 2. The summed E-state index contributed by atoms with van der Waals surface area (Å²) in [6.45, 7) is 19.2. The Hall–Kier alpha value is -3.38. The van der Waals surface area contributed by atoms with Crippen molar-refractivity contribution in [3.63, 3.8) is 0 Å². The molecule has 33 nitrogen and oxygen atoms in total. The molecule has 0 saturated carbocycles. The summed E-state index contributed by atoms with van der Waals surface area (Å²) in [5.74, 6) is -1.11. The number of aromatic nitrogens is 2. The van der Waals surface area contributed by atoms with Gasteiger partial charge in [0, 0.05) is 165 Å². The largest absolute Gasteiger partial charge is 0.480 e. The number of Topliss-reactive ketones (excluding diaryl/α,β-unsaturated/α-hetero) is 1. The zero-order valence-electron chi connectivity index (χ0n) is 67.7. The molecule has 6 unspecified atom stereocenters. The van der Waals surface area contributed by atoms with E-state index in [0.717, 1.165) is 142 Å². The number of carbonyl (C=O) groups is 3. The molecule has 10 fully saturated rings. The normalized spacial score (nSPS) is 23.6. The third-order valence-electron chi connectivity index (χ3n) is 18.2. The Labute approximate surface area is 626 Å². The van der Waals surface area contributed by atoms with Crippen LogP contribution >= 0.6 is 0 Å². The monoisotopic (exact) mass is 1500 g/mol. The molecule has 10 saturated heterocycles. The van der Waals surface area contributed by atoms with Gasteiger partial charge < -0.3 is 126 Å². The zero-order valence-corrected chi connectivity index (χ0v) is 67.7. The maximum absolute atomic E-state index is 10.6. The number of aliphatic carboxylic acids is 2. The van der Waals surface area contributed by atoms with E-state index in [0.29, 0.717) is 43.5 Å². The Morgan fingerprint density at radius 3 is 1.31 bits per heavy atom. The van der Waals surface area contributed by atoms with Crippen molar-refractivity contribution in [1.29, 1.82) is 0 Å². The van der Waals surface area contributed by atoms with E-state index in [1.165, 1.54) is 58.3 Å². The second-order valence-corrected chi connectivity index (χ2v) is 28.1. The van der Waals surface area contributed by atoms with Crippen LogP contribution in [0, 0.1) is 0 Å². The van der Waals surface area contributed by atoms with Crippen LogP contribution in [-0.2, 0) is 33.3 Å². The van der Waals surface area contributed by atoms with Gasteiger partial charge in [0.2, 0.25) is 0 Å². The van der Waals surface area contributed by atoms with Crippen molar-refractivity contribution < 1.29 is 84.4 Å². The number of aromatic amines is 1. The fourth-order valence-electron chi connectivity index (χ4n) is 10.5. The number of hydrogen-bond donors (Lipinski definition) is 15. The first-order valence-electron chi connectivity index (χ1n) is 37.2. The quantitative estimate of drug-likeness (QED) is 0.0881. The standard InChI is InChI=1S/C7H15NO.C6H11NO3.C6H11NO2.C6H13NO.C6H11NO.3C5H11NO.C5H13NO.C4H7N3.2C4H11NO2.C4H9NO.C4H9N/c1-8-5-3-7(9-2)4-6-8;1-7-3-4(8)2-5(7)6(9)10;1-7-4-2-3-5(7)6(8)9;1-7-6-2-4-8-5-3-6;1-7-4-2-6(8)3-5-7;1-6-3-5(4-6)7-2;1-6-3-2-5(7)4-6;1-6-4-2-3-5(6)7;1-6(2)4-5-7-3;1-5-4-2-6-7-3-4;1-5-4(2-6)3-7;1-5-2-4(7)3-6;1-5-2-4(6)3-5;1-5-3-2-4-5/h7H,3-6H2,1-2H3;4-5,8H,2-3H2,1H3,(H,9,10);5H,2-4H2,1H3,(H,8,9);6-7H,2-5H2,1H3;2-5H2,1H3;5H,3-4H2,1-2H3;2*5,7H,2-4H2,1H3;4-5H2,1-3H3;2-3,5H,1H3,(H,6,7);2*4-7H,2-3H2,1H3;4,6H,2-3H2,1H3;2-4H2,1H3. The van der Waals surface area contributed by atoms with Crippen molar-refractivity contribution in [1.82, 2.24) is 75.1 Å². The van der Waals surface area contributed by atoms with E-state index in [1.54, 1.807) is 59.8 Å². The second kappa shape index (κ2) is 67.7. The van der Waals surface area contributed by atoms with E-state index in [1.807, 2.05) is 73.2 Å². The van der Waals surface area contributed by atoms with Crippen molar-refractivity contribution in [2.75, 3.05) is 283 Å². The highest BCUT2D eigenvalue weighted by Crippen LogP contribution is 2.16. The maximum atomic E-state index is 10.6. The molecule has 0 aliphatic carbocycles. The van der Waals surface area contributed by atoms with E-state index in [9.17, 15) is 14.4 Å². The lowest BCUT2D eigenvalue weighted by Gasteiger charge is -2.34. The molecular formula is C71H154N16O17. The van der Waals surface area contributed by atoms with Crippen molar-refractivity contribution in [3.05, 3.63) is 12.4 Å². The number of anilines is 1. The molecule has 620 valence electrons. The Balaban J connectivity index is -0.00000106. The number of nitrogens with one attached hydrogen (secondary N) is 5. The zero-order chi connectivity index (χ0) is 79.4. The number of rotatable bonds is 15.